The smallest absolute Gasteiger partial charge is 0.0124 e. The number of hydrogen-bond donors (Lipinski definition) is 1. The van der Waals surface area contributed by atoms with Gasteiger partial charge in [-0.05, 0) is 63.5 Å². The van der Waals surface area contributed by atoms with Crippen molar-refractivity contribution in [3.05, 3.63) is 0 Å². The molecule has 0 aromatic rings. The van der Waals surface area contributed by atoms with Crippen LogP contribution in [0, 0.1) is 11.8 Å². The molecule has 116 valence electrons. The van der Waals surface area contributed by atoms with Gasteiger partial charge in [0.25, 0.3) is 0 Å². The first-order valence-corrected chi connectivity index (χ1v) is 9.38. The van der Waals surface area contributed by atoms with Crippen LogP contribution in [-0.4, -0.2) is 37.1 Å². The van der Waals surface area contributed by atoms with E-state index in [1.54, 1.807) is 0 Å². The average Bonchev–Trinajstić information content (AvgIpc) is 3.15. The molecule has 1 heterocycles. The van der Waals surface area contributed by atoms with Gasteiger partial charge in [-0.15, -0.1) is 0 Å². The van der Waals surface area contributed by atoms with Crippen LogP contribution < -0.4 is 5.32 Å². The van der Waals surface area contributed by atoms with E-state index >= 15 is 0 Å². The van der Waals surface area contributed by atoms with Crippen molar-refractivity contribution in [3.8, 4) is 0 Å². The lowest BCUT2D eigenvalue weighted by molar-refractivity contribution is 0.189. The zero-order valence-corrected chi connectivity index (χ0v) is 13.3. The van der Waals surface area contributed by atoms with Gasteiger partial charge >= 0.3 is 0 Å². The van der Waals surface area contributed by atoms with Crippen molar-refractivity contribution in [2.75, 3.05) is 26.2 Å². The Morgan fingerprint density at radius 2 is 1.55 bits per heavy atom. The maximum atomic E-state index is 3.75. The van der Waals surface area contributed by atoms with Crippen molar-refractivity contribution in [3.63, 3.8) is 0 Å². The van der Waals surface area contributed by atoms with E-state index in [0.29, 0.717) is 0 Å². The molecule has 2 aliphatic carbocycles. The molecule has 0 spiro atoms. The van der Waals surface area contributed by atoms with E-state index in [2.05, 4.69) is 10.2 Å². The highest BCUT2D eigenvalue weighted by Gasteiger charge is 2.32. The van der Waals surface area contributed by atoms with Crippen LogP contribution in [0.5, 0.6) is 0 Å². The molecule has 1 atom stereocenters. The first-order valence-electron chi connectivity index (χ1n) is 9.38. The molecule has 1 N–H and O–H groups in total. The van der Waals surface area contributed by atoms with Crippen LogP contribution in [0.15, 0.2) is 0 Å². The predicted molar refractivity (Wildman–Crippen MR) is 86.0 cm³/mol. The molecule has 3 aliphatic rings. The lowest BCUT2D eigenvalue weighted by atomic mass is 9.89. The first-order chi connectivity index (χ1) is 9.93. The Kier molecular flexibility index (Phi) is 5.78. The van der Waals surface area contributed by atoms with E-state index in [9.17, 15) is 0 Å². The van der Waals surface area contributed by atoms with Gasteiger partial charge in [0, 0.05) is 19.1 Å². The monoisotopic (exact) mass is 278 g/mol. The summed E-state index contributed by atoms with van der Waals surface area (Å²) in [6.45, 7) is 5.17. The third-order valence-corrected chi connectivity index (χ3v) is 6.09. The van der Waals surface area contributed by atoms with E-state index in [0.717, 1.165) is 17.9 Å². The third-order valence-electron chi connectivity index (χ3n) is 6.09. The van der Waals surface area contributed by atoms with Gasteiger partial charge in [0.15, 0.2) is 0 Å². The third kappa shape index (κ3) is 3.98. The Hall–Kier alpha value is -0.0800. The number of nitrogens with one attached hydrogen (secondary N) is 1. The number of nitrogens with zero attached hydrogens (tertiary/aromatic N) is 1. The van der Waals surface area contributed by atoms with E-state index < -0.39 is 0 Å². The predicted octanol–water partition coefficient (Wildman–Crippen LogP) is 3.81. The summed E-state index contributed by atoms with van der Waals surface area (Å²) in [4.78, 5) is 2.81. The topological polar surface area (TPSA) is 15.3 Å². The Balaban J connectivity index is 1.32. The summed E-state index contributed by atoms with van der Waals surface area (Å²) < 4.78 is 0. The fourth-order valence-corrected chi connectivity index (χ4v) is 4.93. The number of hydrogen-bond acceptors (Lipinski definition) is 2. The Morgan fingerprint density at radius 1 is 0.800 bits per heavy atom. The summed E-state index contributed by atoms with van der Waals surface area (Å²) >= 11 is 0. The van der Waals surface area contributed by atoms with Gasteiger partial charge in [-0.25, -0.2) is 0 Å². The molecule has 1 aliphatic heterocycles. The minimum atomic E-state index is 0.939. The molecule has 1 unspecified atom stereocenters. The molecule has 2 saturated carbocycles. The molecule has 3 rings (SSSR count). The summed E-state index contributed by atoms with van der Waals surface area (Å²) in [5, 5.41) is 3.75. The van der Waals surface area contributed by atoms with Gasteiger partial charge in [-0.1, -0.05) is 32.1 Å². The molecule has 1 saturated heterocycles. The van der Waals surface area contributed by atoms with Gasteiger partial charge < -0.3 is 5.32 Å². The van der Waals surface area contributed by atoms with Crippen molar-refractivity contribution < 1.29 is 0 Å². The highest BCUT2D eigenvalue weighted by molar-refractivity contribution is 4.87. The zero-order valence-electron chi connectivity index (χ0n) is 13.3. The minimum Gasteiger partial charge on any atom is -0.315 e. The van der Waals surface area contributed by atoms with Crippen molar-refractivity contribution in [1.29, 1.82) is 0 Å². The van der Waals surface area contributed by atoms with Gasteiger partial charge in [-0.3, -0.25) is 4.90 Å². The highest BCUT2D eigenvalue weighted by Crippen LogP contribution is 2.35. The lowest BCUT2D eigenvalue weighted by Crippen LogP contribution is -2.40. The molecule has 2 nitrogen and oxygen atoms in total. The van der Waals surface area contributed by atoms with Crippen LogP contribution in [0.2, 0.25) is 0 Å². The zero-order chi connectivity index (χ0) is 13.6. The first kappa shape index (κ1) is 14.8. The fraction of sp³-hybridized carbons (Fsp3) is 1.00. The molecule has 0 aromatic carbocycles. The summed E-state index contributed by atoms with van der Waals surface area (Å²) in [6.07, 6.45) is 16.3. The number of rotatable bonds is 6. The molecule has 0 aromatic heterocycles. The summed E-state index contributed by atoms with van der Waals surface area (Å²) in [5.74, 6) is 2.02. The summed E-state index contributed by atoms with van der Waals surface area (Å²) in [7, 11) is 0. The second-order valence-corrected chi connectivity index (χ2v) is 7.50. The number of likely N-dealkylation sites (tertiary alicyclic amines) is 1. The van der Waals surface area contributed by atoms with Crippen LogP contribution >= 0.6 is 0 Å². The van der Waals surface area contributed by atoms with E-state index in [4.69, 9.17) is 0 Å². The maximum absolute atomic E-state index is 3.75. The van der Waals surface area contributed by atoms with Crippen LogP contribution in [0.1, 0.15) is 70.6 Å². The van der Waals surface area contributed by atoms with Crippen molar-refractivity contribution in [2.24, 2.45) is 11.8 Å². The van der Waals surface area contributed by atoms with Crippen molar-refractivity contribution in [1.82, 2.24) is 10.2 Å². The SMILES string of the molecule is C1CCC(CNCCN2CCCC2C2CCCC2)CC1. The fourth-order valence-electron chi connectivity index (χ4n) is 4.93. The normalized spacial score (nSPS) is 30.3. The lowest BCUT2D eigenvalue weighted by Gasteiger charge is -2.30. The molecule has 0 radical (unpaired) electrons. The standard InChI is InChI=1S/C18H34N2/c1-2-7-16(8-3-1)15-19-12-14-20-13-6-11-18(20)17-9-4-5-10-17/h16-19H,1-15H2. The second kappa shape index (κ2) is 7.79. The van der Waals surface area contributed by atoms with Crippen LogP contribution in [0.4, 0.5) is 0 Å². The molecular formula is C18H34N2. The van der Waals surface area contributed by atoms with Gasteiger partial charge in [-0.2, -0.15) is 0 Å². The Bertz CT molecular complexity index is 267. The van der Waals surface area contributed by atoms with Crippen molar-refractivity contribution in [2.45, 2.75) is 76.7 Å². The summed E-state index contributed by atoms with van der Waals surface area (Å²) in [6, 6.07) is 0.939. The van der Waals surface area contributed by atoms with Crippen LogP contribution in [0.25, 0.3) is 0 Å². The van der Waals surface area contributed by atoms with Crippen LogP contribution in [-0.2, 0) is 0 Å². The van der Waals surface area contributed by atoms with Gasteiger partial charge in [0.2, 0.25) is 0 Å². The molecule has 0 bridgehead atoms. The maximum Gasteiger partial charge on any atom is 0.0124 e. The van der Waals surface area contributed by atoms with Crippen molar-refractivity contribution >= 4 is 0 Å². The quantitative estimate of drug-likeness (QED) is 0.743. The van der Waals surface area contributed by atoms with E-state index in [-0.39, 0.29) is 0 Å². The summed E-state index contributed by atoms with van der Waals surface area (Å²) in [5.41, 5.74) is 0. The average molecular weight is 278 g/mol. The van der Waals surface area contributed by atoms with E-state index in [1.165, 1.54) is 96.8 Å². The second-order valence-electron chi connectivity index (χ2n) is 7.50. The minimum absolute atomic E-state index is 0.939. The molecule has 3 fully saturated rings. The van der Waals surface area contributed by atoms with E-state index in [1.807, 2.05) is 0 Å². The largest absolute Gasteiger partial charge is 0.315 e. The molecule has 2 heteroatoms. The van der Waals surface area contributed by atoms with Gasteiger partial charge in [0.05, 0.1) is 0 Å². The van der Waals surface area contributed by atoms with Crippen LogP contribution in [0.3, 0.4) is 0 Å². The Labute approximate surface area is 125 Å². The van der Waals surface area contributed by atoms with Gasteiger partial charge in [0.1, 0.15) is 0 Å². The molecule has 20 heavy (non-hydrogen) atoms. The molecular weight excluding hydrogens is 244 g/mol. The molecule has 0 amide bonds. The highest BCUT2D eigenvalue weighted by atomic mass is 15.2. The Morgan fingerprint density at radius 3 is 2.35 bits per heavy atom.